The molecule has 1 aromatic rings. The van der Waals surface area contributed by atoms with Gasteiger partial charge >= 0.3 is 0 Å². The number of carbonyl (C=O) groups is 1. The first-order valence-electron chi connectivity index (χ1n) is 6.60. The van der Waals surface area contributed by atoms with Gasteiger partial charge in [-0.15, -0.1) is 0 Å². The molecule has 2 rings (SSSR count). The second-order valence-electron chi connectivity index (χ2n) is 5.18. The average molecular weight is 257 g/mol. The van der Waals surface area contributed by atoms with Gasteiger partial charge in [-0.3, -0.25) is 4.79 Å². The highest BCUT2D eigenvalue weighted by atomic mass is 16.1. The SMILES string of the molecule is CNc1c(C)cc(C#N)cc1C(=O)NC(C)C1CC1. The Morgan fingerprint density at radius 2 is 2.16 bits per heavy atom. The number of hydrogen-bond donors (Lipinski definition) is 2. The maximum absolute atomic E-state index is 12.3. The van der Waals surface area contributed by atoms with E-state index in [0.717, 1.165) is 11.3 Å². The lowest BCUT2D eigenvalue weighted by Gasteiger charge is -2.16. The summed E-state index contributed by atoms with van der Waals surface area (Å²) in [4.78, 5) is 12.3. The van der Waals surface area contributed by atoms with Crippen LogP contribution >= 0.6 is 0 Å². The molecule has 4 heteroatoms. The van der Waals surface area contributed by atoms with Crippen LogP contribution in [0.25, 0.3) is 0 Å². The lowest BCUT2D eigenvalue weighted by Crippen LogP contribution is -2.34. The van der Waals surface area contributed by atoms with E-state index in [1.807, 2.05) is 13.8 Å². The van der Waals surface area contributed by atoms with Gasteiger partial charge in [0.25, 0.3) is 5.91 Å². The largest absolute Gasteiger partial charge is 0.387 e. The predicted molar refractivity (Wildman–Crippen MR) is 75.1 cm³/mol. The first-order valence-corrected chi connectivity index (χ1v) is 6.60. The van der Waals surface area contributed by atoms with Gasteiger partial charge in [-0.05, 0) is 50.3 Å². The average Bonchev–Trinajstić information content (AvgIpc) is 3.21. The molecule has 0 saturated heterocycles. The van der Waals surface area contributed by atoms with Crippen LogP contribution in [0.4, 0.5) is 5.69 Å². The van der Waals surface area contributed by atoms with E-state index in [-0.39, 0.29) is 11.9 Å². The predicted octanol–water partition coefficient (Wildman–Crippen LogP) is 2.44. The molecule has 2 N–H and O–H groups in total. The van der Waals surface area contributed by atoms with Crippen LogP contribution in [0, 0.1) is 24.2 Å². The number of rotatable bonds is 4. The Labute approximate surface area is 113 Å². The Bertz CT molecular complexity index is 541. The fourth-order valence-corrected chi connectivity index (χ4v) is 2.36. The van der Waals surface area contributed by atoms with E-state index in [0.29, 0.717) is 17.0 Å². The summed E-state index contributed by atoms with van der Waals surface area (Å²) in [6.07, 6.45) is 2.38. The molecule has 0 aromatic heterocycles. The maximum Gasteiger partial charge on any atom is 0.253 e. The number of nitrogens with zero attached hydrogens (tertiary/aromatic N) is 1. The molecule has 1 fully saturated rings. The van der Waals surface area contributed by atoms with E-state index in [9.17, 15) is 4.79 Å². The summed E-state index contributed by atoms with van der Waals surface area (Å²) in [6, 6.07) is 5.72. The van der Waals surface area contributed by atoms with Crippen LogP contribution < -0.4 is 10.6 Å². The highest BCUT2D eigenvalue weighted by Gasteiger charge is 2.29. The number of carbonyl (C=O) groups excluding carboxylic acids is 1. The van der Waals surface area contributed by atoms with E-state index >= 15 is 0 Å². The smallest absolute Gasteiger partial charge is 0.253 e. The van der Waals surface area contributed by atoms with Crippen LogP contribution in [0.2, 0.25) is 0 Å². The fraction of sp³-hybridized carbons (Fsp3) is 0.467. The summed E-state index contributed by atoms with van der Waals surface area (Å²) < 4.78 is 0. The van der Waals surface area contributed by atoms with Crippen molar-refractivity contribution < 1.29 is 4.79 Å². The standard InChI is InChI=1S/C15H19N3O/c1-9-6-11(8-16)7-13(14(9)17-3)15(19)18-10(2)12-4-5-12/h6-7,10,12,17H,4-5H2,1-3H3,(H,18,19). The number of aryl methyl sites for hydroxylation is 1. The van der Waals surface area contributed by atoms with Crippen LogP contribution in [0.5, 0.6) is 0 Å². The van der Waals surface area contributed by atoms with Crippen molar-refractivity contribution in [3.63, 3.8) is 0 Å². The van der Waals surface area contributed by atoms with Gasteiger partial charge in [0.2, 0.25) is 0 Å². The van der Waals surface area contributed by atoms with Crippen LogP contribution in [-0.2, 0) is 0 Å². The summed E-state index contributed by atoms with van der Waals surface area (Å²) in [6.45, 7) is 3.93. The van der Waals surface area contributed by atoms with E-state index in [4.69, 9.17) is 5.26 Å². The van der Waals surface area contributed by atoms with Crippen molar-refractivity contribution in [2.24, 2.45) is 5.92 Å². The normalized spacial score (nSPS) is 15.5. The molecule has 4 nitrogen and oxygen atoms in total. The quantitative estimate of drug-likeness (QED) is 0.870. The van der Waals surface area contributed by atoms with Gasteiger partial charge < -0.3 is 10.6 Å². The molecule has 1 saturated carbocycles. The second-order valence-corrected chi connectivity index (χ2v) is 5.18. The Balaban J connectivity index is 2.28. The molecule has 0 heterocycles. The molecule has 0 bridgehead atoms. The molecule has 1 atom stereocenters. The van der Waals surface area contributed by atoms with E-state index in [1.165, 1.54) is 12.8 Å². The van der Waals surface area contributed by atoms with E-state index < -0.39 is 0 Å². The number of nitriles is 1. The summed E-state index contributed by atoms with van der Waals surface area (Å²) in [5, 5.41) is 15.1. The van der Waals surface area contributed by atoms with Crippen molar-refractivity contribution in [2.75, 3.05) is 12.4 Å². The van der Waals surface area contributed by atoms with Crippen LogP contribution in [0.15, 0.2) is 12.1 Å². The third kappa shape index (κ3) is 2.87. The third-order valence-corrected chi connectivity index (χ3v) is 3.65. The van der Waals surface area contributed by atoms with Gasteiger partial charge in [-0.1, -0.05) is 0 Å². The Kier molecular flexibility index (Phi) is 3.75. The third-order valence-electron chi connectivity index (χ3n) is 3.65. The molecule has 19 heavy (non-hydrogen) atoms. The van der Waals surface area contributed by atoms with Crippen molar-refractivity contribution in [3.05, 3.63) is 28.8 Å². The summed E-state index contributed by atoms with van der Waals surface area (Å²) in [5.74, 6) is 0.506. The lowest BCUT2D eigenvalue weighted by atomic mass is 10.0. The van der Waals surface area contributed by atoms with Crippen LogP contribution in [0.1, 0.15) is 41.3 Å². The van der Waals surface area contributed by atoms with E-state index in [1.54, 1.807) is 19.2 Å². The maximum atomic E-state index is 12.3. The Morgan fingerprint density at radius 3 is 2.68 bits per heavy atom. The monoisotopic (exact) mass is 257 g/mol. The molecule has 1 aliphatic rings. The van der Waals surface area contributed by atoms with Gasteiger partial charge in [0.05, 0.1) is 17.2 Å². The zero-order valence-electron chi connectivity index (χ0n) is 11.6. The minimum absolute atomic E-state index is 0.107. The van der Waals surface area contributed by atoms with Crippen molar-refractivity contribution in [2.45, 2.75) is 32.7 Å². The zero-order valence-corrected chi connectivity index (χ0v) is 11.6. The first kappa shape index (κ1) is 13.4. The van der Waals surface area contributed by atoms with Crippen molar-refractivity contribution in [1.29, 1.82) is 5.26 Å². The van der Waals surface area contributed by atoms with E-state index in [2.05, 4.69) is 16.7 Å². The minimum atomic E-state index is -0.107. The molecule has 1 aromatic carbocycles. The molecule has 0 spiro atoms. The van der Waals surface area contributed by atoms with Crippen molar-refractivity contribution >= 4 is 11.6 Å². The topological polar surface area (TPSA) is 64.9 Å². The Morgan fingerprint density at radius 1 is 1.47 bits per heavy atom. The summed E-state index contributed by atoms with van der Waals surface area (Å²) in [7, 11) is 1.79. The molecule has 1 aliphatic carbocycles. The number of anilines is 1. The second kappa shape index (κ2) is 5.31. The minimum Gasteiger partial charge on any atom is -0.387 e. The summed E-state index contributed by atoms with van der Waals surface area (Å²) >= 11 is 0. The van der Waals surface area contributed by atoms with Gasteiger partial charge in [0.15, 0.2) is 0 Å². The Hall–Kier alpha value is -2.02. The van der Waals surface area contributed by atoms with Crippen molar-refractivity contribution in [3.8, 4) is 6.07 Å². The molecule has 0 aliphatic heterocycles. The fourth-order valence-electron chi connectivity index (χ4n) is 2.36. The molecular weight excluding hydrogens is 238 g/mol. The molecule has 1 unspecified atom stereocenters. The number of amides is 1. The highest BCUT2D eigenvalue weighted by molar-refractivity contribution is 6.00. The number of hydrogen-bond acceptors (Lipinski definition) is 3. The zero-order chi connectivity index (χ0) is 14.0. The molecular formula is C15H19N3O. The van der Waals surface area contributed by atoms with Gasteiger partial charge in [0, 0.05) is 18.8 Å². The van der Waals surface area contributed by atoms with Crippen molar-refractivity contribution in [1.82, 2.24) is 5.32 Å². The first-order chi connectivity index (χ1) is 9.06. The molecule has 0 radical (unpaired) electrons. The van der Waals surface area contributed by atoms with Gasteiger partial charge in [0.1, 0.15) is 0 Å². The molecule has 100 valence electrons. The van der Waals surface area contributed by atoms with Crippen LogP contribution in [-0.4, -0.2) is 19.0 Å². The van der Waals surface area contributed by atoms with Gasteiger partial charge in [-0.25, -0.2) is 0 Å². The number of nitrogens with one attached hydrogen (secondary N) is 2. The number of benzene rings is 1. The lowest BCUT2D eigenvalue weighted by molar-refractivity contribution is 0.0936. The summed E-state index contributed by atoms with van der Waals surface area (Å²) in [5.41, 5.74) is 2.76. The molecule has 1 amide bonds. The van der Waals surface area contributed by atoms with Crippen LogP contribution in [0.3, 0.4) is 0 Å². The van der Waals surface area contributed by atoms with Gasteiger partial charge in [-0.2, -0.15) is 5.26 Å². The highest BCUT2D eigenvalue weighted by Crippen LogP contribution is 2.32.